The largest absolute Gasteiger partial charge is 0.480 e. The lowest BCUT2D eigenvalue weighted by atomic mass is 10.1. The second kappa shape index (κ2) is 5.83. The van der Waals surface area contributed by atoms with E-state index >= 15 is 0 Å². The minimum atomic E-state index is 0.0357. The van der Waals surface area contributed by atoms with Gasteiger partial charge in [-0.3, -0.25) is 9.48 Å². The van der Waals surface area contributed by atoms with Gasteiger partial charge in [-0.15, -0.1) is 0 Å². The van der Waals surface area contributed by atoms with Gasteiger partial charge in [0.2, 0.25) is 0 Å². The maximum absolute atomic E-state index is 12.3. The number of ether oxygens (including phenoxy) is 1. The molecule has 2 atom stereocenters. The first-order chi connectivity index (χ1) is 9.41. The number of amides is 1. The fraction of sp³-hybridized carbons (Fsp3) is 0.714. The first-order valence-electron chi connectivity index (χ1n) is 7.07. The van der Waals surface area contributed by atoms with Crippen LogP contribution in [0, 0.1) is 13.8 Å². The number of carbonyl (C=O) groups excluding carboxylic acids is 1. The highest BCUT2D eigenvalue weighted by atomic mass is 16.5. The van der Waals surface area contributed by atoms with Crippen molar-refractivity contribution in [2.45, 2.75) is 39.8 Å². The van der Waals surface area contributed by atoms with Gasteiger partial charge in [-0.05, 0) is 27.7 Å². The van der Waals surface area contributed by atoms with E-state index in [1.54, 1.807) is 4.68 Å². The van der Waals surface area contributed by atoms with E-state index in [9.17, 15) is 4.79 Å². The maximum atomic E-state index is 12.3. The molecule has 1 aliphatic heterocycles. The van der Waals surface area contributed by atoms with Crippen LogP contribution in [-0.4, -0.2) is 52.4 Å². The smallest absolute Gasteiger partial charge is 0.260 e. The molecule has 0 bridgehead atoms. The molecular weight excluding hydrogens is 256 g/mol. The number of aromatic nitrogens is 2. The van der Waals surface area contributed by atoms with Gasteiger partial charge in [0, 0.05) is 32.2 Å². The van der Waals surface area contributed by atoms with E-state index < -0.39 is 0 Å². The summed E-state index contributed by atoms with van der Waals surface area (Å²) in [6, 6.07) is 0.505. The van der Waals surface area contributed by atoms with Crippen LogP contribution in [0.5, 0.6) is 5.75 Å². The molecule has 0 aromatic carbocycles. The van der Waals surface area contributed by atoms with Crippen molar-refractivity contribution in [3.05, 3.63) is 11.4 Å². The highest BCUT2D eigenvalue weighted by Crippen LogP contribution is 2.21. The van der Waals surface area contributed by atoms with E-state index in [-0.39, 0.29) is 18.6 Å². The molecule has 1 saturated heterocycles. The second-order valence-electron chi connectivity index (χ2n) is 5.48. The van der Waals surface area contributed by atoms with Crippen LogP contribution in [0.25, 0.3) is 0 Å². The van der Waals surface area contributed by atoms with Crippen molar-refractivity contribution in [1.29, 1.82) is 0 Å². The fourth-order valence-electron chi connectivity index (χ4n) is 2.59. The van der Waals surface area contributed by atoms with Crippen LogP contribution >= 0.6 is 0 Å². The van der Waals surface area contributed by atoms with Crippen molar-refractivity contribution < 1.29 is 9.53 Å². The lowest BCUT2D eigenvalue weighted by Crippen LogP contribution is -2.58. The molecule has 2 rings (SSSR count). The highest BCUT2D eigenvalue weighted by Gasteiger charge is 2.28. The Balaban J connectivity index is 1.98. The van der Waals surface area contributed by atoms with E-state index in [1.807, 2.05) is 25.8 Å². The molecule has 1 aromatic heterocycles. The van der Waals surface area contributed by atoms with E-state index in [2.05, 4.69) is 24.3 Å². The number of aryl methyl sites for hydroxylation is 2. The number of nitrogens with one attached hydrogen (secondary N) is 1. The van der Waals surface area contributed by atoms with E-state index in [1.165, 1.54) is 0 Å². The zero-order valence-electron chi connectivity index (χ0n) is 12.9. The lowest BCUT2D eigenvalue weighted by Gasteiger charge is -2.38. The molecule has 6 nitrogen and oxygen atoms in total. The molecule has 2 heterocycles. The number of hydrogen-bond donors (Lipinski definition) is 1. The van der Waals surface area contributed by atoms with Gasteiger partial charge in [0.05, 0.1) is 5.69 Å². The Hall–Kier alpha value is -1.56. The van der Waals surface area contributed by atoms with Gasteiger partial charge in [0.15, 0.2) is 12.4 Å². The molecule has 1 fully saturated rings. The Morgan fingerprint density at radius 2 is 2.15 bits per heavy atom. The second-order valence-corrected chi connectivity index (χ2v) is 5.48. The molecule has 2 unspecified atom stereocenters. The third-order valence-corrected chi connectivity index (χ3v) is 4.14. The molecule has 6 heteroatoms. The Morgan fingerprint density at radius 3 is 2.75 bits per heavy atom. The fourth-order valence-corrected chi connectivity index (χ4v) is 2.59. The van der Waals surface area contributed by atoms with Crippen LogP contribution in [0.1, 0.15) is 25.2 Å². The number of rotatable bonds is 3. The summed E-state index contributed by atoms with van der Waals surface area (Å²) in [5.41, 5.74) is 1.76. The van der Waals surface area contributed by atoms with Crippen molar-refractivity contribution in [1.82, 2.24) is 20.0 Å². The summed E-state index contributed by atoms with van der Waals surface area (Å²) in [5, 5.41) is 7.65. The van der Waals surface area contributed by atoms with Crippen LogP contribution in [0.4, 0.5) is 0 Å². The van der Waals surface area contributed by atoms with Crippen LogP contribution in [0.15, 0.2) is 0 Å². The number of carbonyl (C=O) groups is 1. The number of piperazine rings is 1. The number of hydrogen-bond acceptors (Lipinski definition) is 4. The van der Waals surface area contributed by atoms with Crippen molar-refractivity contribution in [3.63, 3.8) is 0 Å². The Kier molecular flexibility index (Phi) is 4.32. The summed E-state index contributed by atoms with van der Waals surface area (Å²) in [4.78, 5) is 14.2. The predicted octanol–water partition coefficient (Wildman–Crippen LogP) is 0.625. The predicted molar refractivity (Wildman–Crippen MR) is 76.8 cm³/mol. The topological polar surface area (TPSA) is 59.4 Å². The monoisotopic (exact) mass is 280 g/mol. The van der Waals surface area contributed by atoms with Gasteiger partial charge in [0.1, 0.15) is 5.69 Å². The van der Waals surface area contributed by atoms with Gasteiger partial charge in [-0.2, -0.15) is 5.10 Å². The minimum absolute atomic E-state index is 0.0357. The first-order valence-corrected chi connectivity index (χ1v) is 7.07. The summed E-state index contributed by atoms with van der Waals surface area (Å²) in [6.07, 6.45) is 0. The van der Waals surface area contributed by atoms with E-state index in [0.717, 1.165) is 30.2 Å². The summed E-state index contributed by atoms with van der Waals surface area (Å²) < 4.78 is 7.46. The molecule has 20 heavy (non-hydrogen) atoms. The van der Waals surface area contributed by atoms with Crippen molar-refractivity contribution in [2.24, 2.45) is 7.05 Å². The Morgan fingerprint density at radius 1 is 1.45 bits per heavy atom. The lowest BCUT2D eigenvalue weighted by molar-refractivity contribution is -0.137. The summed E-state index contributed by atoms with van der Waals surface area (Å²) >= 11 is 0. The third kappa shape index (κ3) is 2.80. The first kappa shape index (κ1) is 14.8. The van der Waals surface area contributed by atoms with Gasteiger partial charge in [-0.1, -0.05) is 0 Å². The quantitative estimate of drug-likeness (QED) is 0.882. The van der Waals surface area contributed by atoms with Crippen molar-refractivity contribution >= 4 is 5.91 Å². The van der Waals surface area contributed by atoms with Gasteiger partial charge in [-0.25, -0.2) is 0 Å². The highest BCUT2D eigenvalue weighted by molar-refractivity contribution is 5.78. The summed E-state index contributed by atoms with van der Waals surface area (Å²) in [6.45, 7) is 9.64. The molecule has 0 aliphatic carbocycles. The standard InChI is InChI=1S/C14H24N4O2/c1-9-11(3)18(7-6-15-9)13(19)8-20-14-10(2)16-17(5)12(14)4/h9,11,15H,6-8H2,1-5H3. The van der Waals surface area contributed by atoms with Crippen LogP contribution in [0.2, 0.25) is 0 Å². The zero-order chi connectivity index (χ0) is 14.9. The van der Waals surface area contributed by atoms with Gasteiger partial charge < -0.3 is 15.0 Å². The Labute approximate surface area is 120 Å². The zero-order valence-corrected chi connectivity index (χ0v) is 12.9. The molecule has 1 amide bonds. The number of nitrogens with zero attached hydrogens (tertiary/aromatic N) is 3. The molecule has 1 aliphatic rings. The van der Waals surface area contributed by atoms with Crippen LogP contribution < -0.4 is 10.1 Å². The molecular formula is C14H24N4O2. The van der Waals surface area contributed by atoms with Gasteiger partial charge in [0.25, 0.3) is 5.91 Å². The minimum Gasteiger partial charge on any atom is -0.480 e. The maximum Gasteiger partial charge on any atom is 0.260 e. The Bertz CT molecular complexity index is 498. The SMILES string of the molecule is Cc1nn(C)c(C)c1OCC(=O)N1CCNC(C)C1C. The average Bonchev–Trinajstić information content (AvgIpc) is 2.64. The van der Waals surface area contributed by atoms with Crippen LogP contribution in [-0.2, 0) is 11.8 Å². The molecule has 112 valence electrons. The average molecular weight is 280 g/mol. The van der Waals surface area contributed by atoms with Crippen LogP contribution in [0.3, 0.4) is 0 Å². The normalized spacial score (nSPS) is 22.9. The summed E-state index contributed by atoms with van der Waals surface area (Å²) in [5.74, 6) is 0.755. The molecule has 0 spiro atoms. The molecule has 1 N–H and O–H groups in total. The molecule has 1 aromatic rings. The van der Waals surface area contributed by atoms with E-state index in [4.69, 9.17) is 4.74 Å². The van der Waals surface area contributed by atoms with Crippen molar-refractivity contribution in [2.75, 3.05) is 19.7 Å². The molecule has 0 radical (unpaired) electrons. The third-order valence-electron chi connectivity index (χ3n) is 4.14. The molecule has 0 saturated carbocycles. The van der Waals surface area contributed by atoms with Gasteiger partial charge >= 0.3 is 0 Å². The van der Waals surface area contributed by atoms with Crippen molar-refractivity contribution in [3.8, 4) is 5.75 Å². The summed E-state index contributed by atoms with van der Waals surface area (Å²) in [7, 11) is 1.87. The van der Waals surface area contributed by atoms with E-state index in [0.29, 0.717) is 6.04 Å².